The van der Waals surface area contributed by atoms with E-state index in [-0.39, 0.29) is 11.8 Å². The number of rotatable bonds is 10. The van der Waals surface area contributed by atoms with Crippen molar-refractivity contribution in [3.8, 4) is 0 Å². The second-order valence-corrected chi connectivity index (χ2v) is 6.94. The van der Waals surface area contributed by atoms with Crippen LogP contribution in [0.25, 0.3) is 0 Å². The lowest BCUT2D eigenvalue weighted by molar-refractivity contribution is -0.142. The standard InChI is InChI=1S/C17H32N4O5/c1-7-9(4)13(16(24)20-11(6)17(25)26)21-14(22)10(5)19-15(23)12(18)8(2)3/h8-13H,7,18H2,1-6H3,(H,19,23)(H,20,24)(H,21,22)(H,25,26)/t9-,10-,11-,12-,13-/m0/s1. The zero-order valence-electron chi connectivity index (χ0n) is 16.3. The van der Waals surface area contributed by atoms with Gasteiger partial charge in [0.15, 0.2) is 0 Å². The largest absolute Gasteiger partial charge is 0.480 e. The highest BCUT2D eigenvalue weighted by Gasteiger charge is 2.30. The minimum atomic E-state index is -1.17. The first-order valence-corrected chi connectivity index (χ1v) is 8.81. The Morgan fingerprint density at radius 1 is 0.846 bits per heavy atom. The molecule has 0 bridgehead atoms. The van der Waals surface area contributed by atoms with E-state index < -0.39 is 47.9 Å². The third kappa shape index (κ3) is 7.38. The van der Waals surface area contributed by atoms with Crippen LogP contribution < -0.4 is 21.7 Å². The van der Waals surface area contributed by atoms with Gasteiger partial charge in [-0.05, 0) is 25.7 Å². The Bertz CT molecular complexity index is 523. The fourth-order valence-corrected chi connectivity index (χ4v) is 2.02. The Labute approximate surface area is 154 Å². The third-order valence-corrected chi connectivity index (χ3v) is 4.30. The Balaban J connectivity index is 5.00. The summed E-state index contributed by atoms with van der Waals surface area (Å²) in [5.41, 5.74) is 5.75. The predicted molar refractivity (Wildman–Crippen MR) is 97.0 cm³/mol. The first-order valence-electron chi connectivity index (χ1n) is 8.81. The van der Waals surface area contributed by atoms with E-state index in [4.69, 9.17) is 10.8 Å². The number of nitrogens with two attached hydrogens (primary N) is 1. The van der Waals surface area contributed by atoms with Crippen LogP contribution >= 0.6 is 0 Å². The van der Waals surface area contributed by atoms with Crippen molar-refractivity contribution in [1.82, 2.24) is 16.0 Å². The summed E-state index contributed by atoms with van der Waals surface area (Å²) in [7, 11) is 0. The first kappa shape index (κ1) is 23.8. The Kier molecular flexibility index (Phi) is 9.85. The van der Waals surface area contributed by atoms with Gasteiger partial charge in [0.25, 0.3) is 0 Å². The molecule has 0 rings (SSSR count). The third-order valence-electron chi connectivity index (χ3n) is 4.30. The Morgan fingerprint density at radius 3 is 1.77 bits per heavy atom. The van der Waals surface area contributed by atoms with Crippen molar-refractivity contribution in [2.75, 3.05) is 0 Å². The number of aliphatic carboxylic acids is 1. The maximum Gasteiger partial charge on any atom is 0.325 e. The van der Waals surface area contributed by atoms with Crippen LogP contribution in [-0.2, 0) is 19.2 Å². The second kappa shape index (κ2) is 10.7. The quantitative estimate of drug-likeness (QED) is 0.352. The molecule has 26 heavy (non-hydrogen) atoms. The Morgan fingerprint density at radius 2 is 1.35 bits per heavy atom. The maximum atomic E-state index is 12.4. The van der Waals surface area contributed by atoms with Crippen molar-refractivity contribution < 1.29 is 24.3 Å². The molecular weight excluding hydrogens is 340 g/mol. The molecule has 0 spiro atoms. The minimum Gasteiger partial charge on any atom is -0.480 e. The van der Waals surface area contributed by atoms with Gasteiger partial charge in [-0.3, -0.25) is 19.2 Å². The van der Waals surface area contributed by atoms with Crippen LogP contribution in [0.1, 0.15) is 48.0 Å². The minimum absolute atomic E-state index is 0.0820. The van der Waals surface area contributed by atoms with Gasteiger partial charge in [0.1, 0.15) is 18.1 Å². The highest BCUT2D eigenvalue weighted by molar-refractivity contribution is 5.94. The molecule has 0 aliphatic heterocycles. The zero-order valence-corrected chi connectivity index (χ0v) is 16.3. The molecule has 0 fully saturated rings. The van der Waals surface area contributed by atoms with Crippen LogP contribution in [0.15, 0.2) is 0 Å². The number of amides is 3. The predicted octanol–water partition coefficient (Wildman–Crippen LogP) is -0.405. The number of carbonyl (C=O) groups excluding carboxylic acids is 3. The monoisotopic (exact) mass is 372 g/mol. The summed E-state index contributed by atoms with van der Waals surface area (Å²) in [5.74, 6) is -3.05. The zero-order chi connectivity index (χ0) is 20.6. The van der Waals surface area contributed by atoms with E-state index in [0.717, 1.165) is 0 Å². The smallest absolute Gasteiger partial charge is 0.325 e. The highest BCUT2D eigenvalue weighted by atomic mass is 16.4. The van der Waals surface area contributed by atoms with Gasteiger partial charge >= 0.3 is 5.97 Å². The van der Waals surface area contributed by atoms with Crippen LogP contribution in [0.2, 0.25) is 0 Å². The molecule has 9 nitrogen and oxygen atoms in total. The summed E-state index contributed by atoms with van der Waals surface area (Å²) < 4.78 is 0. The van der Waals surface area contributed by atoms with Crippen molar-refractivity contribution in [3.63, 3.8) is 0 Å². The molecule has 0 aliphatic carbocycles. The van der Waals surface area contributed by atoms with Gasteiger partial charge in [-0.1, -0.05) is 34.1 Å². The summed E-state index contributed by atoms with van der Waals surface area (Å²) >= 11 is 0. The van der Waals surface area contributed by atoms with E-state index in [1.165, 1.54) is 13.8 Å². The van der Waals surface area contributed by atoms with Gasteiger partial charge in [0.05, 0.1) is 6.04 Å². The molecule has 0 radical (unpaired) electrons. The Hall–Kier alpha value is -2.16. The molecule has 150 valence electrons. The molecule has 0 unspecified atom stereocenters. The molecule has 0 aliphatic rings. The number of carboxylic acid groups (broad SMARTS) is 1. The summed E-state index contributed by atoms with van der Waals surface area (Å²) in [4.78, 5) is 47.6. The normalized spacial score (nSPS) is 16.8. The lowest BCUT2D eigenvalue weighted by Crippen LogP contribution is -2.58. The number of hydrogen-bond donors (Lipinski definition) is 5. The number of carboxylic acids is 1. The summed E-state index contributed by atoms with van der Waals surface area (Å²) in [6.07, 6.45) is 0.596. The molecular formula is C17H32N4O5. The average Bonchev–Trinajstić information content (AvgIpc) is 2.57. The summed E-state index contributed by atoms with van der Waals surface area (Å²) in [6, 6.07) is -3.61. The van der Waals surface area contributed by atoms with Crippen LogP contribution in [0.4, 0.5) is 0 Å². The average molecular weight is 372 g/mol. The molecule has 6 N–H and O–H groups in total. The van der Waals surface area contributed by atoms with E-state index in [1.54, 1.807) is 20.8 Å². The lowest BCUT2D eigenvalue weighted by atomic mass is 9.97. The van der Waals surface area contributed by atoms with Gasteiger partial charge in [-0.2, -0.15) is 0 Å². The van der Waals surface area contributed by atoms with Crippen molar-refractivity contribution >= 4 is 23.7 Å². The molecule has 0 aromatic heterocycles. The SMILES string of the molecule is CC[C@H](C)[C@H](NC(=O)[C@H](C)NC(=O)[C@@H](N)C(C)C)C(=O)N[C@@H](C)C(=O)O. The highest BCUT2D eigenvalue weighted by Crippen LogP contribution is 2.09. The fourth-order valence-electron chi connectivity index (χ4n) is 2.02. The van der Waals surface area contributed by atoms with Gasteiger partial charge < -0.3 is 26.8 Å². The molecule has 0 saturated carbocycles. The lowest BCUT2D eigenvalue weighted by Gasteiger charge is -2.26. The van der Waals surface area contributed by atoms with Crippen molar-refractivity contribution in [2.24, 2.45) is 17.6 Å². The van der Waals surface area contributed by atoms with Crippen molar-refractivity contribution in [1.29, 1.82) is 0 Å². The fraction of sp³-hybridized carbons (Fsp3) is 0.765. The molecule has 0 saturated heterocycles. The van der Waals surface area contributed by atoms with E-state index in [1.807, 2.05) is 6.92 Å². The van der Waals surface area contributed by atoms with Gasteiger partial charge in [-0.15, -0.1) is 0 Å². The topological polar surface area (TPSA) is 151 Å². The second-order valence-electron chi connectivity index (χ2n) is 6.94. The van der Waals surface area contributed by atoms with Gasteiger partial charge in [-0.25, -0.2) is 0 Å². The van der Waals surface area contributed by atoms with E-state index in [2.05, 4.69) is 16.0 Å². The number of hydrogen-bond acceptors (Lipinski definition) is 5. The van der Waals surface area contributed by atoms with Crippen LogP contribution in [0, 0.1) is 11.8 Å². The molecule has 9 heteroatoms. The van der Waals surface area contributed by atoms with Crippen LogP contribution in [0.5, 0.6) is 0 Å². The van der Waals surface area contributed by atoms with Crippen molar-refractivity contribution in [3.05, 3.63) is 0 Å². The van der Waals surface area contributed by atoms with E-state index in [9.17, 15) is 19.2 Å². The van der Waals surface area contributed by atoms with E-state index >= 15 is 0 Å². The molecule has 3 amide bonds. The van der Waals surface area contributed by atoms with Crippen LogP contribution in [0.3, 0.4) is 0 Å². The first-order chi connectivity index (χ1) is 11.9. The summed E-state index contributed by atoms with van der Waals surface area (Å²) in [6.45, 7) is 10.0. The summed E-state index contributed by atoms with van der Waals surface area (Å²) in [5, 5.41) is 16.4. The van der Waals surface area contributed by atoms with Gasteiger partial charge in [0.2, 0.25) is 17.7 Å². The number of carbonyl (C=O) groups is 4. The molecule has 5 atom stereocenters. The van der Waals surface area contributed by atoms with E-state index in [0.29, 0.717) is 6.42 Å². The molecule has 0 aromatic rings. The number of nitrogens with one attached hydrogen (secondary N) is 3. The van der Waals surface area contributed by atoms with Crippen molar-refractivity contribution in [2.45, 2.75) is 72.1 Å². The maximum absolute atomic E-state index is 12.4. The molecule has 0 heterocycles. The molecule has 0 aromatic carbocycles. The van der Waals surface area contributed by atoms with Gasteiger partial charge in [0, 0.05) is 0 Å². The van der Waals surface area contributed by atoms with Crippen LogP contribution in [-0.4, -0.2) is 53.0 Å².